The molecule has 0 atom stereocenters. The molecule has 0 aromatic heterocycles. The lowest BCUT2D eigenvalue weighted by molar-refractivity contribution is -0.903. The van der Waals surface area contributed by atoms with Gasteiger partial charge in [0, 0.05) is 47.9 Å². The largest absolute Gasteiger partial charge is 0.493 e. The van der Waals surface area contributed by atoms with Gasteiger partial charge < -0.3 is 57.3 Å². The molecule has 1 aliphatic carbocycles. The summed E-state index contributed by atoms with van der Waals surface area (Å²) in [5.74, 6) is 3.85. The second kappa shape index (κ2) is 54.5. The molecular formula is C96H168N4O8+4. The van der Waals surface area contributed by atoms with E-state index in [-0.39, 0.29) is 26.4 Å². The van der Waals surface area contributed by atoms with Gasteiger partial charge in [0.05, 0.1) is 109 Å². The summed E-state index contributed by atoms with van der Waals surface area (Å²) in [6.07, 6.45) is 52.4. The van der Waals surface area contributed by atoms with Gasteiger partial charge >= 0.3 is 0 Å². The van der Waals surface area contributed by atoms with E-state index in [1.165, 1.54) is 228 Å². The van der Waals surface area contributed by atoms with Gasteiger partial charge in [-0.3, -0.25) is 0 Å². The molecule has 4 N–H and O–H groups in total. The number of aliphatic hydroxyl groups excluding tert-OH is 4. The van der Waals surface area contributed by atoms with Crippen molar-refractivity contribution in [2.24, 2.45) is 0 Å². The average molecular weight is 1510 g/mol. The van der Waals surface area contributed by atoms with Crippen LogP contribution in [0.5, 0.6) is 23.0 Å². The third-order valence-electron chi connectivity index (χ3n) is 23.0. The van der Waals surface area contributed by atoms with Crippen LogP contribution in [0.1, 0.15) is 351 Å². The minimum atomic E-state index is 0.100. The molecule has 12 nitrogen and oxygen atoms in total. The number of rotatable bonds is 64. The predicted molar refractivity (Wildman–Crippen MR) is 457 cm³/mol. The summed E-state index contributed by atoms with van der Waals surface area (Å²) in [6.45, 7) is 17.5. The Morgan fingerprint density at radius 1 is 0.222 bits per heavy atom. The number of fused-ring (bicyclic) bond motifs is 8. The number of unbranched alkanes of at least 4 members (excludes halogenated alkanes) is 36. The first-order valence-corrected chi connectivity index (χ1v) is 45.0. The smallest absolute Gasteiger partial charge is 0.126 e. The van der Waals surface area contributed by atoms with Crippen LogP contribution in [0.2, 0.25) is 0 Å². The van der Waals surface area contributed by atoms with E-state index < -0.39 is 0 Å². The van der Waals surface area contributed by atoms with E-state index >= 15 is 0 Å². The molecule has 108 heavy (non-hydrogen) atoms. The van der Waals surface area contributed by atoms with Crippen molar-refractivity contribution in [3.63, 3.8) is 0 Å². The van der Waals surface area contributed by atoms with E-state index in [0.717, 1.165) is 145 Å². The van der Waals surface area contributed by atoms with E-state index in [0.29, 0.717) is 96.2 Å². The Balaban J connectivity index is 1.88. The molecule has 0 saturated carbocycles. The van der Waals surface area contributed by atoms with E-state index in [4.69, 9.17) is 18.9 Å². The monoisotopic (exact) mass is 1510 g/mol. The van der Waals surface area contributed by atoms with Crippen LogP contribution in [-0.2, 0) is 51.9 Å². The minimum Gasteiger partial charge on any atom is -0.493 e. The highest BCUT2D eigenvalue weighted by Gasteiger charge is 2.30. The molecule has 0 unspecified atom stereocenters. The Bertz CT molecular complexity index is 2520. The third kappa shape index (κ3) is 38.5. The molecule has 12 heteroatoms. The normalized spacial score (nSPS) is 12.9. The first-order valence-electron chi connectivity index (χ1n) is 45.0. The number of hydrogen-bond donors (Lipinski definition) is 4. The van der Waals surface area contributed by atoms with Crippen molar-refractivity contribution in [2.75, 3.05) is 135 Å². The lowest BCUT2D eigenvalue weighted by atomic mass is 9.88. The average Bonchev–Trinajstić information content (AvgIpc) is 0.771. The molecule has 4 aromatic carbocycles. The van der Waals surface area contributed by atoms with Gasteiger partial charge in [-0.15, -0.1) is 0 Å². The van der Waals surface area contributed by atoms with Crippen LogP contribution in [0.15, 0.2) is 48.5 Å². The fraction of sp³-hybridized carbons (Fsp3) is 0.750. The second-order valence-electron chi connectivity index (χ2n) is 36.0. The van der Waals surface area contributed by atoms with Gasteiger partial charge in [0.25, 0.3) is 0 Å². The first kappa shape index (κ1) is 94.4. The van der Waals surface area contributed by atoms with Crippen molar-refractivity contribution in [2.45, 2.75) is 336 Å². The zero-order valence-electron chi connectivity index (χ0n) is 72.3. The molecular weight excluding hydrogens is 1340 g/mol. The molecule has 0 radical (unpaired) electrons. The number of aliphatic hydroxyl groups is 4. The topological polar surface area (TPSA) is 118 Å². The van der Waals surface area contributed by atoms with Crippen LogP contribution >= 0.6 is 0 Å². The van der Waals surface area contributed by atoms with Gasteiger partial charge in [0.1, 0.15) is 75.4 Å². The lowest BCUT2D eigenvalue weighted by Gasteiger charge is -2.31. The van der Waals surface area contributed by atoms with Crippen molar-refractivity contribution in [1.29, 1.82) is 0 Å². The summed E-state index contributed by atoms with van der Waals surface area (Å²) < 4.78 is 32.8. The Hall–Kier alpha value is -4.24. The number of nitrogens with zero attached hydrogens (tertiary/aromatic N) is 4. The van der Waals surface area contributed by atoms with Crippen LogP contribution in [0.3, 0.4) is 0 Å². The Morgan fingerprint density at radius 3 is 0.500 bits per heavy atom. The SMILES string of the molecule is CCCCCCCCCCCCOc1c2cc(C[N+](C)(C)CCO)cc1Cc1cc(C[N+](C)(C)CCO)cc(c1OCCCCCCCCCCCC)Cc1cc(C[N+](C)(C)CCO)cc(c1OCCCCCCCCCCCC)Cc1cc(C[N+](C)(C)CCO)cc(c1OCCCCCCCCCCCC)C2. The standard InChI is InChI=1S/C96H168N4O8/c1-13-17-21-25-29-33-37-41-45-49-61-105-93-85-65-81(77-97(5,6)53-57-101)66-86(93)74-88-68-83(79-99(9,10)55-59-103)70-90(95(88)107-63-51-47-43-39-35-31-27-23-19-15-3)76-92-72-84(80-100(11,12)56-60-104)71-91(96(92)108-64-52-48-44-40-36-32-28-24-20-16-4)75-89-69-82(78-98(7,8)54-58-102)67-87(73-85)94(89)106-62-50-46-42-38-34-30-26-22-18-14-2/h65-72,101-104H,13-64,73-80H2,1-12H3/q+4. The summed E-state index contributed by atoms with van der Waals surface area (Å²) in [7, 11) is 18.0. The van der Waals surface area contributed by atoms with E-state index in [9.17, 15) is 20.4 Å². The highest BCUT2D eigenvalue weighted by molar-refractivity contribution is 5.58. The van der Waals surface area contributed by atoms with Crippen molar-refractivity contribution >= 4 is 0 Å². The Morgan fingerprint density at radius 2 is 0.361 bits per heavy atom. The second-order valence-corrected chi connectivity index (χ2v) is 36.0. The Kier molecular flexibility index (Phi) is 47.6. The summed E-state index contributed by atoms with van der Waals surface area (Å²) in [6, 6.07) is 19.6. The summed E-state index contributed by atoms with van der Waals surface area (Å²) in [4.78, 5) is 0. The van der Waals surface area contributed by atoms with Gasteiger partial charge in [0.15, 0.2) is 0 Å². The zero-order chi connectivity index (χ0) is 78.1. The maximum atomic E-state index is 10.6. The van der Waals surface area contributed by atoms with Crippen LogP contribution in [0.25, 0.3) is 0 Å². The highest BCUT2D eigenvalue weighted by atomic mass is 16.5. The fourth-order valence-corrected chi connectivity index (χ4v) is 16.7. The van der Waals surface area contributed by atoms with Crippen LogP contribution < -0.4 is 18.9 Å². The summed E-state index contributed by atoms with van der Waals surface area (Å²) in [5.41, 5.74) is 14.1. The predicted octanol–water partition coefficient (Wildman–Crippen LogP) is 21.8. The van der Waals surface area contributed by atoms with Gasteiger partial charge in [-0.25, -0.2) is 0 Å². The summed E-state index contributed by atoms with van der Waals surface area (Å²) >= 11 is 0. The van der Waals surface area contributed by atoms with Gasteiger partial charge in [-0.1, -0.05) is 259 Å². The van der Waals surface area contributed by atoms with Crippen molar-refractivity contribution in [1.82, 2.24) is 0 Å². The first-order chi connectivity index (χ1) is 52.2. The van der Waals surface area contributed by atoms with Crippen molar-refractivity contribution in [3.05, 3.63) is 115 Å². The molecule has 0 spiro atoms. The quantitative estimate of drug-likeness (QED) is 0.0225. The van der Waals surface area contributed by atoms with E-state index in [2.05, 4.69) is 133 Å². The number of quaternary nitrogens is 4. The molecule has 8 bridgehead atoms. The number of benzene rings is 4. The Labute approximate surface area is 663 Å². The molecule has 4 aromatic rings. The van der Waals surface area contributed by atoms with E-state index in [1.54, 1.807) is 0 Å². The molecule has 0 saturated heterocycles. The van der Waals surface area contributed by atoms with Crippen LogP contribution in [0, 0.1) is 0 Å². The maximum Gasteiger partial charge on any atom is 0.126 e. The third-order valence-corrected chi connectivity index (χ3v) is 23.0. The molecule has 616 valence electrons. The van der Waals surface area contributed by atoms with Gasteiger partial charge in [0.2, 0.25) is 0 Å². The zero-order valence-corrected chi connectivity index (χ0v) is 72.3. The van der Waals surface area contributed by atoms with Gasteiger partial charge in [-0.2, -0.15) is 0 Å². The summed E-state index contributed by atoms with van der Waals surface area (Å²) in [5, 5.41) is 42.5. The van der Waals surface area contributed by atoms with E-state index in [1.807, 2.05) is 0 Å². The maximum absolute atomic E-state index is 10.6. The van der Waals surface area contributed by atoms with Crippen LogP contribution in [0.4, 0.5) is 0 Å². The minimum absolute atomic E-state index is 0.100. The number of likely N-dealkylation sites (N-methyl/N-ethyl adjacent to an activating group) is 4. The molecule has 5 rings (SSSR count). The molecule has 0 aliphatic heterocycles. The molecule has 0 fully saturated rings. The fourth-order valence-electron chi connectivity index (χ4n) is 16.7. The van der Waals surface area contributed by atoms with Crippen molar-refractivity contribution in [3.8, 4) is 23.0 Å². The van der Waals surface area contributed by atoms with Gasteiger partial charge in [-0.05, 0) is 119 Å². The van der Waals surface area contributed by atoms with Crippen molar-refractivity contribution < 1.29 is 57.3 Å². The lowest BCUT2D eigenvalue weighted by Crippen LogP contribution is -2.41. The number of ether oxygens (including phenoxy) is 4. The molecule has 1 aliphatic rings. The van der Waals surface area contributed by atoms with Crippen LogP contribution in [-0.4, -0.2) is 174 Å². The molecule has 0 heterocycles. The highest BCUT2D eigenvalue weighted by Crippen LogP contribution is 2.43. The number of hydrogen-bond acceptors (Lipinski definition) is 8. The molecule has 0 amide bonds.